The summed E-state index contributed by atoms with van der Waals surface area (Å²) in [6.07, 6.45) is 0. The van der Waals surface area contributed by atoms with Gasteiger partial charge in [-0.2, -0.15) is 0 Å². The van der Waals surface area contributed by atoms with Crippen LogP contribution in [0.5, 0.6) is 11.5 Å². The molecule has 0 N–H and O–H groups in total. The van der Waals surface area contributed by atoms with E-state index in [0.29, 0.717) is 21.1 Å². The zero-order chi connectivity index (χ0) is 13.1. The third-order valence-electron chi connectivity index (χ3n) is 2.28. The van der Waals surface area contributed by atoms with Gasteiger partial charge in [-0.1, -0.05) is 55.1 Å². The van der Waals surface area contributed by atoms with E-state index in [9.17, 15) is 0 Å². The topological polar surface area (TPSA) is 9.23 Å². The van der Waals surface area contributed by atoms with Crippen LogP contribution < -0.4 is 4.74 Å². The zero-order valence-corrected chi connectivity index (χ0v) is 13.8. The summed E-state index contributed by atoms with van der Waals surface area (Å²) in [4.78, 5) is 0. The molecule has 2 rings (SSSR count). The summed E-state index contributed by atoms with van der Waals surface area (Å²) in [5.74, 6) is 1.35. The fourth-order valence-corrected chi connectivity index (χ4v) is 2.77. The first kappa shape index (κ1) is 14.2. The lowest BCUT2D eigenvalue weighted by Crippen LogP contribution is -1.90. The Kier molecular flexibility index (Phi) is 4.96. The summed E-state index contributed by atoms with van der Waals surface area (Å²) >= 11 is 18.8. The molecule has 94 valence electrons. The van der Waals surface area contributed by atoms with E-state index < -0.39 is 0 Å². The van der Waals surface area contributed by atoms with Gasteiger partial charge in [0.15, 0.2) is 0 Å². The van der Waals surface area contributed by atoms with Crippen LogP contribution >= 0.6 is 55.1 Å². The molecule has 18 heavy (non-hydrogen) atoms. The van der Waals surface area contributed by atoms with E-state index in [1.165, 1.54) is 0 Å². The number of alkyl halides is 1. The first-order chi connectivity index (χ1) is 8.60. The Morgan fingerprint density at radius 1 is 1.00 bits per heavy atom. The molecule has 2 aromatic rings. The van der Waals surface area contributed by atoms with Gasteiger partial charge in [0.25, 0.3) is 0 Å². The summed E-state index contributed by atoms with van der Waals surface area (Å²) < 4.78 is 6.71. The minimum absolute atomic E-state index is 0.555. The average Bonchev–Trinajstić information content (AvgIpc) is 2.34. The molecular formula is C13H8Br2Cl2O. The van der Waals surface area contributed by atoms with Crippen LogP contribution in [0.15, 0.2) is 40.9 Å². The molecule has 5 heteroatoms. The molecule has 0 aromatic heterocycles. The number of hydrogen-bond donors (Lipinski definition) is 0. The maximum atomic E-state index is 6.11. The molecule has 0 heterocycles. The van der Waals surface area contributed by atoms with Gasteiger partial charge in [0, 0.05) is 20.4 Å². The Hall–Kier alpha value is -0.220. The van der Waals surface area contributed by atoms with Crippen molar-refractivity contribution >= 4 is 55.1 Å². The Morgan fingerprint density at radius 3 is 2.39 bits per heavy atom. The molecule has 0 spiro atoms. The molecule has 0 aliphatic carbocycles. The van der Waals surface area contributed by atoms with Crippen LogP contribution in [-0.4, -0.2) is 0 Å². The summed E-state index contributed by atoms with van der Waals surface area (Å²) in [6, 6.07) is 11.0. The van der Waals surface area contributed by atoms with Gasteiger partial charge in [-0.25, -0.2) is 0 Å². The minimum atomic E-state index is 0.555. The second-order valence-electron chi connectivity index (χ2n) is 3.56. The van der Waals surface area contributed by atoms with Gasteiger partial charge in [-0.05, 0) is 36.4 Å². The van der Waals surface area contributed by atoms with Crippen LogP contribution in [0.25, 0.3) is 0 Å². The Bertz CT molecular complexity index is 573. The van der Waals surface area contributed by atoms with Crippen molar-refractivity contribution in [2.45, 2.75) is 5.33 Å². The quantitative estimate of drug-likeness (QED) is 0.529. The predicted octanol–water partition coefficient (Wildman–Crippen LogP) is 6.44. The van der Waals surface area contributed by atoms with Crippen molar-refractivity contribution in [1.82, 2.24) is 0 Å². The lowest BCUT2D eigenvalue weighted by molar-refractivity contribution is 0.479. The van der Waals surface area contributed by atoms with Crippen molar-refractivity contribution in [2.24, 2.45) is 0 Å². The van der Waals surface area contributed by atoms with Crippen LogP contribution in [0.2, 0.25) is 10.0 Å². The normalized spacial score (nSPS) is 10.4. The molecule has 0 bridgehead atoms. The van der Waals surface area contributed by atoms with Crippen molar-refractivity contribution in [2.75, 3.05) is 0 Å². The highest BCUT2D eigenvalue weighted by Gasteiger charge is 2.08. The van der Waals surface area contributed by atoms with Crippen LogP contribution in [0.1, 0.15) is 5.56 Å². The van der Waals surface area contributed by atoms with Crippen molar-refractivity contribution in [3.05, 3.63) is 56.5 Å². The maximum Gasteiger partial charge on any atom is 0.146 e. The average molecular weight is 411 g/mol. The second kappa shape index (κ2) is 6.29. The number of hydrogen-bond acceptors (Lipinski definition) is 1. The number of halogens is 4. The summed E-state index contributed by atoms with van der Waals surface area (Å²) in [7, 11) is 0. The van der Waals surface area contributed by atoms with Crippen LogP contribution in [0, 0.1) is 0 Å². The molecule has 2 aromatic carbocycles. The van der Waals surface area contributed by atoms with Crippen LogP contribution in [0.4, 0.5) is 0 Å². The van der Waals surface area contributed by atoms with E-state index in [0.717, 1.165) is 15.8 Å². The lowest BCUT2D eigenvalue weighted by Gasteiger charge is -2.11. The first-order valence-corrected chi connectivity index (χ1v) is 7.74. The molecule has 0 aliphatic rings. The van der Waals surface area contributed by atoms with Crippen molar-refractivity contribution in [1.29, 1.82) is 0 Å². The SMILES string of the molecule is Clc1ccc(Oc2ccc(Br)cc2Cl)c(CBr)c1. The van der Waals surface area contributed by atoms with Gasteiger partial charge in [0.2, 0.25) is 0 Å². The predicted molar refractivity (Wildman–Crippen MR) is 83.3 cm³/mol. The van der Waals surface area contributed by atoms with E-state index in [-0.39, 0.29) is 0 Å². The second-order valence-corrected chi connectivity index (χ2v) is 5.88. The fourth-order valence-electron chi connectivity index (χ4n) is 1.43. The standard InChI is InChI=1S/C13H8Br2Cl2O/c14-7-8-5-10(16)2-4-12(8)18-13-3-1-9(15)6-11(13)17/h1-6H,7H2. The number of benzene rings is 2. The van der Waals surface area contributed by atoms with E-state index in [4.69, 9.17) is 27.9 Å². The molecule has 0 fully saturated rings. The van der Waals surface area contributed by atoms with E-state index in [2.05, 4.69) is 31.9 Å². The highest BCUT2D eigenvalue weighted by Crippen LogP contribution is 2.34. The van der Waals surface area contributed by atoms with Crippen LogP contribution in [0.3, 0.4) is 0 Å². The molecule has 0 saturated carbocycles. The molecular weight excluding hydrogens is 403 g/mol. The smallest absolute Gasteiger partial charge is 0.146 e. The molecule has 1 nitrogen and oxygen atoms in total. The molecule has 0 amide bonds. The summed E-state index contributed by atoms with van der Waals surface area (Å²) in [5, 5.41) is 1.90. The first-order valence-electron chi connectivity index (χ1n) is 5.07. The minimum Gasteiger partial charge on any atom is -0.455 e. The highest BCUT2D eigenvalue weighted by molar-refractivity contribution is 9.10. The van der Waals surface area contributed by atoms with Crippen molar-refractivity contribution in [3.63, 3.8) is 0 Å². The van der Waals surface area contributed by atoms with E-state index in [1.54, 1.807) is 12.1 Å². The van der Waals surface area contributed by atoms with Crippen LogP contribution in [-0.2, 0) is 5.33 Å². The lowest BCUT2D eigenvalue weighted by atomic mass is 10.2. The van der Waals surface area contributed by atoms with Gasteiger partial charge in [-0.3, -0.25) is 0 Å². The molecule has 0 atom stereocenters. The molecule has 0 aliphatic heterocycles. The summed E-state index contributed by atoms with van der Waals surface area (Å²) in [6.45, 7) is 0. The monoisotopic (exact) mass is 408 g/mol. The highest BCUT2D eigenvalue weighted by atomic mass is 79.9. The summed E-state index contributed by atoms with van der Waals surface area (Å²) in [5.41, 5.74) is 0.974. The third-order valence-corrected chi connectivity index (χ3v) is 3.91. The Morgan fingerprint density at radius 2 is 1.72 bits per heavy atom. The van der Waals surface area contributed by atoms with Gasteiger partial charge in [-0.15, -0.1) is 0 Å². The van der Waals surface area contributed by atoms with Crippen molar-refractivity contribution < 1.29 is 4.74 Å². The Labute approximate surface area is 132 Å². The number of rotatable bonds is 3. The van der Waals surface area contributed by atoms with Gasteiger partial charge >= 0.3 is 0 Å². The van der Waals surface area contributed by atoms with E-state index >= 15 is 0 Å². The third kappa shape index (κ3) is 3.41. The van der Waals surface area contributed by atoms with Crippen molar-refractivity contribution in [3.8, 4) is 11.5 Å². The van der Waals surface area contributed by atoms with Gasteiger partial charge in [0.05, 0.1) is 5.02 Å². The molecule has 0 unspecified atom stereocenters. The molecule has 0 saturated heterocycles. The zero-order valence-electron chi connectivity index (χ0n) is 9.09. The number of ether oxygens (including phenoxy) is 1. The Balaban J connectivity index is 2.33. The maximum absolute atomic E-state index is 6.11. The van der Waals surface area contributed by atoms with Gasteiger partial charge < -0.3 is 4.74 Å². The van der Waals surface area contributed by atoms with E-state index in [1.807, 2.05) is 24.3 Å². The largest absolute Gasteiger partial charge is 0.455 e. The van der Waals surface area contributed by atoms with Gasteiger partial charge in [0.1, 0.15) is 11.5 Å². The molecule has 0 radical (unpaired) electrons. The fraction of sp³-hybridized carbons (Fsp3) is 0.0769.